The number of anilines is 3. The first kappa shape index (κ1) is 30.2. The van der Waals surface area contributed by atoms with Crippen molar-refractivity contribution in [1.29, 1.82) is 0 Å². The van der Waals surface area contributed by atoms with Gasteiger partial charge in [0.25, 0.3) is 0 Å². The highest BCUT2D eigenvalue weighted by atomic mass is 79.9. The van der Waals surface area contributed by atoms with Crippen molar-refractivity contribution in [3.63, 3.8) is 0 Å². The topological polar surface area (TPSA) is 141 Å². The number of pyridine rings is 1. The first-order valence-electron chi connectivity index (χ1n) is 11.6. The summed E-state index contributed by atoms with van der Waals surface area (Å²) in [5, 5.41) is 18.3. The molecule has 0 atom stereocenters. The highest BCUT2D eigenvalue weighted by Gasteiger charge is 2.26. The lowest BCUT2D eigenvalue weighted by molar-refractivity contribution is -0.898. The number of hydrogen-bond acceptors (Lipinski definition) is 8. The number of carbonyl (C=O) groups excluding carboxylic acids is 1. The van der Waals surface area contributed by atoms with E-state index in [1.54, 1.807) is 42.0 Å². The van der Waals surface area contributed by atoms with Gasteiger partial charge in [0.2, 0.25) is 12.2 Å². The number of quaternary nitrogens is 1. The van der Waals surface area contributed by atoms with Crippen molar-refractivity contribution in [2.75, 3.05) is 31.3 Å². The van der Waals surface area contributed by atoms with Crippen LogP contribution in [0.4, 0.5) is 23.1 Å². The molecule has 0 fully saturated rings. The molecule has 0 bridgehead atoms. The van der Waals surface area contributed by atoms with Crippen LogP contribution in [0, 0.1) is 22.5 Å². The number of likely N-dealkylation sites (N-methyl/N-ethyl adjacent to an activating group) is 1. The molecule has 0 saturated heterocycles. The lowest BCUT2D eigenvalue weighted by atomic mass is 10.2. The van der Waals surface area contributed by atoms with E-state index in [1.165, 1.54) is 24.9 Å². The number of benzene rings is 1. The highest BCUT2D eigenvalue weighted by Crippen LogP contribution is 2.27. The van der Waals surface area contributed by atoms with Gasteiger partial charge in [0.15, 0.2) is 5.69 Å². The zero-order valence-electron chi connectivity index (χ0n) is 21.8. The van der Waals surface area contributed by atoms with Gasteiger partial charge in [-0.3, -0.25) is 4.79 Å². The van der Waals surface area contributed by atoms with E-state index in [0.717, 1.165) is 0 Å². The summed E-state index contributed by atoms with van der Waals surface area (Å²) in [7, 11) is 5.53. The summed E-state index contributed by atoms with van der Waals surface area (Å²) in [5.41, 5.74) is 2.32. The third kappa shape index (κ3) is 7.17. The van der Waals surface area contributed by atoms with Gasteiger partial charge in [0.1, 0.15) is 24.5 Å². The molecule has 0 aliphatic rings. The van der Waals surface area contributed by atoms with Crippen molar-refractivity contribution in [2.45, 2.75) is 6.54 Å². The molecule has 2 N–H and O–H groups in total. The molecule has 40 heavy (non-hydrogen) atoms. The van der Waals surface area contributed by atoms with Crippen molar-refractivity contribution >= 4 is 51.6 Å². The van der Waals surface area contributed by atoms with Crippen LogP contribution in [0.25, 0.3) is 10.9 Å². The number of nitrogens with one attached hydrogen (secondary N) is 2. The summed E-state index contributed by atoms with van der Waals surface area (Å²) in [6, 6.07) is 6.87. The van der Waals surface area contributed by atoms with Crippen molar-refractivity contribution < 1.29 is 31.2 Å². The van der Waals surface area contributed by atoms with Crippen LogP contribution in [-0.4, -0.2) is 60.5 Å². The fourth-order valence-electron chi connectivity index (χ4n) is 3.84. The molecule has 0 radical (unpaired) electrons. The zero-order chi connectivity index (χ0) is 28.2. The largest absolute Gasteiger partial charge is 1.00 e. The number of carbonyl (C=O) groups is 1. The Balaban J connectivity index is 0.00000441. The molecular formula is C26H25BrClN9O3. The van der Waals surface area contributed by atoms with Crippen LogP contribution >= 0.6 is 11.6 Å². The van der Waals surface area contributed by atoms with Gasteiger partial charge >= 0.3 is 5.82 Å². The number of fused-ring (bicyclic) bond motifs is 1. The Labute approximate surface area is 245 Å². The van der Waals surface area contributed by atoms with Crippen molar-refractivity contribution in [3.8, 4) is 12.3 Å². The fourth-order valence-corrected chi connectivity index (χ4v) is 4.01. The van der Waals surface area contributed by atoms with Gasteiger partial charge in [-0.15, -0.1) is 6.42 Å². The van der Waals surface area contributed by atoms with Crippen LogP contribution in [0.15, 0.2) is 55.3 Å². The Kier molecular flexibility index (Phi) is 9.54. The number of aryl methyl sites for hydroxylation is 1. The lowest BCUT2D eigenvalue weighted by Gasteiger charge is -2.27. The average Bonchev–Trinajstić information content (AvgIpc) is 3.24. The van der Waals surface area contributed by atoms with Crippen molar-refractivity contribution in [2.24, 2.45) is 7.05 Å². The Bertz CT molecular complexity index is 1650. The number of rotatable bonds is 9. The number of nitro groups is 1. The number of hydrogen-bond donors (Lipinski definition) is 2. The Morgan fingerprint density at radius 1 is 1.25 bits per heavy atom. The monoisotopic (exact) mass is 625 g/mol. The number of imidazole rings is 1. The van der Waals surface area contributed by atoms with Crippen LogP contribution in [0.3, 0.4) is 0 Å². The minimum absolute atomic E-state index is 0. The van der Waals surface area contributed by atoms with Crippen molar-refractivity contribution in [1.82, 2.24) is 24.5 Å². The smallest absolute Gasteiger partial charge is 0.390 e. The van der Waals surface area contributed by atoms with E-state index in [-0.39, 0.29) is 28.7 Å². The second-order valence-electron chi connectivity index (χ2n) is 9.32. The lowest BCUT2D eigenvalue weighted by Crippen LogP contribution is -3.00. The summed E-state index contributed by atoms with van der Waals surface area (Å²) in [5.74, 6) is 2.80. The minimum atomic E-state index is -0.495. The number of terminal acetylenes is 1. The molecule has 12 nitrogen and oxygen atoms in total. The molecule has 206 valence electrons. The third-order valence-electron chi connectivity index (χ3n) is 5.81. The molecule has 3 heterocycles. The second kappa shape index (κ2) is 12.6. The van der Waals surface area contributed by atoms with Gasteiger partial charge < -0.3 is 46.8 Å². The first-order valence-corrected chi connectivity index (χ1v) is 12.0. The number of aromatic nitrogens is 5. The summed E-state index contributed by atoms with van der Waals surface area (Å²) < 4.78 is 2.00. The van der Waals surface area contributed by atoms with Crippen LogP contribution in [0.5, 0.6) is 0 Å². The van der Waals surface area contributed by atoms with E-state index < -0.39 is 4.92 Å². The molecule has 1 aromatic carbocycles. The Hall–Kier alpha value is -4.38. The second-order valence-corrected chi connectivity index (χ2v) is 9.73. The first-order chi connectivity index (χ1) is 18.6. The summed E-state index contributed by atoms with van der Waals surface area (Å²) in [4.78, 5) is 40.0. The third-order valence-corrected chi connectivity index (χ3v) is 6.14. The van der Waals surface area contributed by atoms with E-state index in [2.05, 4.69) is 36.5 Å². The molecule has 0 aliphatic carbocycles. The molecule has 1 amide bonds. The van der Waals surface area contributed by atoms with Gasteiger partial charge in [-0.2, -0.15) is 0 Å². The van der Waals surface area contributed by atoms with E-state index in [0.29, 0.717) is 62.1 Å². The van der Waals surface area contributed by atoms with Gasteiger partial charge in [0.05, 0.1) is 37.4 Å². The van der Waals surface area contributed by atoms with E-state index >= 15 is 0 Å². The fraction of sp³-hybridized carbons (Fsp3) is 0.192. The minimum Gasteiger partial charge on any atom is -1.00 e. The quantitative estimate of drug-likeness (QED) is 0.0915. The van der Waals surface area contributed by atoms with Crippen molar-refractivity contribution in [3.05, 3.63) is 81.7 Å². The van der Waals surface area contributed by atoms with Crippen LogP contribution < -0.4 is 27.6 Å². The van der Waals surface area contributed by atoms with Gasteiger partial charge in [0, 0.05) is 29.8 Å². The predicted octanol–water partition coefficient (Wildman–Crippen LogP) is 0.820. The maximum Gasteiger partial charge on any atom is 0.390 e. The maximum atomic E-state index is 12.6. The molecule has 14 heteroatoms. The summed E-state index contributed by atoms with van der Waals surface area (Å²) in [6.07, 6.45) is 13.0. The molecule has 0 saturated carbocycles. The zero-order valence-corrected chi connectivity index (χ0v) is 24.1. The maximum absolute atomic E-state index is 12.6. The van der Waals surface area contributed by atoms with Gasteiger partial charge in [-0.25, -0.2) is 15.0 Å². The highest BCUT2D eigenvalue weighted by molar-refractivity contribution is 6.31. The molecule has 4 aromatic rings. The molecule has 0 unspecified atom stereocenters. The van der Waals surface area contributed by atoms with Gasteiger partial charge in [-0.05, 0) is 40.2 Å². The van der Waals surface area contributed by atoms with E-state index in [9.17, 15) is 14.9 Å². The molecular weight excluding hydrogens is 602 g/mol. The molecule has 4 rings (SSSR count). The summed E-state index contributed by atoms with van der Waals surface area (Å²) in [6.45, 7) is 0.806. The van der Waals surface area contributed by atoms with Crippen LogP contribution in [-0.2, 0) is 18.4 Å². The normalized spacial score (nSPS) is 11.2. The Morgan fingerprint density at radius 3 is 2.75 bits per heavy atom. The molecule has 0 aliphatic heterocycles. The van der Waals surface area contributed by atoms with Crippen LogP contribution in [0.1, 0.15) is 11.3 Å². The van der Waals surface area contributed by atoms with Crippen LogP contribution in [0.2, 0.25) is 5.02 Å². The van der Waals surface area contributed by atoms with Gasteiger partial charge in [-0.1, -0.05) is 17.5 Å². The average molecular weight is 627 g/mol. The molecule has 0 spiro atoms. The number of amides is 1. The number of nitrogens with zero attached hydrogens (tertiary/aromatic N) is 7. The standard InChI is InChI=1S/C26H24ClN9O3.BrH/c1-5-17-11-18(8-9-20(17)27)32-25-19-12-23(28-13-21(19)29-15-30-25)33-24(37)7-6-10-36(3,4)14-22-26(35(38)39)31-16-34(22)2;/h1,6-9,11-13,15-16H,10,14H2,2-4H3,(H-,28,29,30,32,33,37);1H/b7-6+;. The SMILES string of the molecule is C#Cc1cc(Nc2ncnc3cnc(NC(=O)/C=C/C[N+](C)(C)Cc4c([N+](=O)[O-])ncn4C)cc23)ccc1Cl.[Br-]. The predicted molar refractivity (Wildman–Crippen MR) is 148 cm³/mol. The summed E-state index contributed by atoms with van der Waals surface area (Å²) >= 11 is 6.10. The number of halogens is 2. The Morgan fingerprint density at radius 2 is 2.02 bits per heavy atom. The van der Waals surface area contributed by atoms with E-state index in [4.69, 9.17) is 18.0 Å². The molecule has 3 aromatic heterocycles. The van der Waals surface area contributed by atoms with E-state index in [1.807, 2.05) is 14.1 Å².